The number of ether oxygens (including phenoxy) is 2. The van der Waals surface area contributed by atoms with E-state index in [1.54, 1.807) is 0 Å². The summed E-state index contributed by atoms with van der Waals surface area (Å²) in [6.07, 6.45) is -1.08. The van der Waals surface area contributed by atoms with Gasteiger partial charge in [0.1, 0.15) is 5.82 Å². The first kappa shape index (κ1) is 15.2. The van der Waals surface area contributed by atoms with E-state index in [1.165, 1.54) is 4.90 Å². The van der Waals surface area contributed by atoms with Crippen LogP contribution < -0.4 is 4.74 Å². The van der Waals surface area contributed by atoms with Crippen molar-refractivity contribution in [1.82, 2.24) is 4.90 Å². The molecule has 0 saturated carbocycles. The van der Waals surface area contributed by atoms with Gasteiger partial charge in [0.25, 0.3) is 5.91 Å². The molecule has 1 unspecified atom stereocenters. The average Bonchev–Trinajstić information content (AvgIpc) is 2.46. The largest absolute Gasteiger partial charge is 0.481 e. The van der Waals surface area contributed by atoms with Gasteiger partial charge in [-0.05, 0) is 12.1 Å². The fourth-order valence-electron chi connectivity index (χ4n) is 1.85. The molecule has 8 heteroatoms. The molecule has 0 bridgehead atoms. The second-order valence-electron chi connectivity index (χ2n) is 4.40. The Morgan fingerprint density at radius 1 is 1.43 bits per heavy atom. The molecule has 1 aromatic rings. The number of benzene rings is 1. The summed E-state index contributed by atoms with van der Waals surface area (Å²) in [6.45, 7) is -0.218. The van der Waals surface area contributed by atoms with Crippen molar-refractivity contribution in [2.45, 2.75) is 6.10 Å². The number of carboxylic acid groups (broad SMARTS) is 1. The minimum atomic E-state index is -1.15. The molecular formula is C13H13F2NO5. The number of carbonyl (C=O) groups is 2. The molecule has 1 fully saturated rings. The molecule has 1 heterocycles. The van der Waals surface area contributed by atoms with Crippen LogP contribution in [0.3, 0.4) is 0 Å². The molecule has 0 aliphatic carbocycles. The van der Waals surface area contributed by atoms with Crippen molar-refractivity contribution in [3.63, 3.8) is 0 Å². The van der Waals surface area contributed by atoms with E-state index < -0.39 is 36.2 Å². The second-order valence-corrected chi connectivity index (χ2v) is 4.40. The van der Waals surface area contributed by atoms with Crippen LogP contribution in [0.25, 0.3) is 0 Å². The SMILES string of the molecule is O=C(O)C1CN(C(=O)COc2ccc(F)cc2F)CCO1. The van der Waals surface area contributed by atoms with E-state index in [-0.39, 0.29) is 25.4 Å². The van der Waals surface area contributed by atoms with Crippen LogP contribution in [0.5, 0.6) is 5.75 Å². The minimum absolute atomic E-state index is 0.0938. The van der Waals surface area contributed by atoms with E-state index in [0.717, 1.165) is 12.1 Å². The maximum absolute atomic E-state index is 13.3. The van der Waals surface area contributed by atoms with E-state index in [0.29, 0.717) is 6.07 Å². The van der Waals surface area contributed by atoms with Crippen LogP contribution in [-0.2, 0) is 14.3 Å². The number of nitrogens with zero attached hydrogens (tertiary/aromatic N) is 1. The zero-order chi connectivity index (χ0) is 15.4. The van der Waals surface area contributed by atoms with Crippen LogP contribution in [0.2, 0.25) is 0 Å². The Hall–Kier alpha value is -2.22. The molecule has 1 N–H and O–H groups in total. The van der Waals surface area contributed by atoms with Crippen molar-refractivity contribution in [2.75, 3.05) is 26.3 Å². The zero-order valence-electron chi connectivity index (χ0n) is 10.9. The lowest BCUT2D eigenvalue weighted by atomic mass is 10.2. The molecule has 114 valence electrons. The quantitative estimate of drug-likeness (QED) is 0.884. The van der Waals surface area contributed by atoms with Crippen molar-refractivity contribution in [2.24, 2.45) is 0 Å². The number of amides is 1. The van der Waals surface area contributed by atoms with Crippen molar-refractivity contribution in [3.05, 3.63) is 29.8 Å². The molecule has 1 saturated heterocycles. The van der Waals surface area contributed by atoms with Gasteiger partial charge in [-0.1, -0.05) is 0 Å². The van der Waals surface area contributed by atoms with Crippen LogP contribution in [0, 0.1) is 11.6 Å². The lowest BCUT2D eigenvalue weighted by molar-refractivity contribution is -0.159. The molecule has 1 aromatic carbocycles. The van der Waals surface area contributed by atoms with Gasteiger partial charge in [-0.3, -0.25) is 4.79 Å². The minimum Gasteiger partial charge on any atom is -0.481 e. The summed E-state index contributed by atoms with van der Waals surface area (Å²) in [5.74, 6) is -3.55. The fraction of sp³-hybridized carbons (Fsp3) is 0.385. The molecule has 21 heavy (non-hydrogen) atoms. The first-order valence-corrected chi connectivity index (χ1v) is 6.17. The number of carboxylic acids is 1. The number of hydrogen-bond donors (Lipinski definition) is 1. The number of hydrogen-bond acceptors (Lipinski definition) is 4. The number of aliphatic carboxylic acids is 1. The van der Waals surface area contributed by atoms with Gasteiger partial charge in [0.05, 0.1) is 13.2 Å². The maximum Gasteiger partial charge on any atom is 0.334 e. The smallest absolute Gasteiger partial charge is 0.334 e. The van der Waals surface area contributed by atoms with Crippen molar-refractivity contribution >= 4 is 11.9 Å². The van der Waals surface area contributed by atoms with Gasteiger partial charge in [-0.25, -0.2) is 13.6 Å². The average molecular weight is 301 g/mol. The van der Waals surface area contributed by atoms with Crippen LogP contribution >= 0.6 is 0 Å². The van der Waals surface area contributed by atoms with E-state index >= 15 is 0 Å². The van der Waals surface area contributed by atoms with Crippen molar-refractivity contribution in [1.29, 1.82) is 0 Å². The molecule has 0 radical (unpaired) electrons. The van der Waals surface area contributed by atoms with Gasteiger partial charge < -0.3 is 19.5 Å². The summed E-state index contributed by atoms with van der Waals surface area (Å²) < 4.78 is 36.0. The van der Waals surface area contributed by atoms with Gasteiger partial charge in [0, 0.05) is 12.6 Å². The Bertz CT molecular complexity index is 551. The van der Waals surface area contributed by atoms with Gasteiger partial charge >= 0.3 is 5.97 Å². The van der Waals surface area contributed by atoms with E-state index in [9.17, 15) is 18.4 Å². The third-order valence-corrected chi connectivity index (χ3v) is 2.94. The highest BCUT2D eigenvalue weighted by Gasteiger charge is 2.29. The van der Waals surface area contributed by atoms with Gasteiger partial charge in [0.2, 0.25) is 0 Å². The predicted octanol–water partition coefficient (Wildman–Crippen LogP) is 0.656. The summed E-state index contributed by atoms with van der Waals surface area (Å²) >= 11 is 0. The zero-order valence-corrected chi connectivity index (χ0v) is 10.9. The Labute approximate surface area is 118 Å². The third kappa shape index (κ3) is 3.88. The molecule has 0 aromatic heterocycles. The first-order valence-electron chi connectivity index (χ1n) is 6.17. The molecule has 0 spiro atoms. The first-order chi connectivity index (χ1) is 9.97. The summed E-state index contributed by atoms with van der Waals surface area (Å²) in [7, 11) is 0. The van der Waals surface area contributed by atoms with Gasteiger partial charge in [-0.2, -0.15) is 0 Å². The van der Waals surface area contributed by atoms with E-state index in [4.69, 9.17) is 14.6 Å². The molecule has 2 rings (SSSR count). The molecule has 1 amide bonds. The summed E-state index contributed by atoms with van der Waals surface area (Å²) in [4.78, 5) is 23.9. The maximum atomic E-state index is 13.3. The molecule has 1 aliphatic heterocycles. The standard InChI is InChI=1S/C13H13F2NO5/c14-8-1-2-10(9(15)5-8)21-7-12(17)16-3-4-20-11(6-16)13(18)19/h1-2,5,11H,3-4,6-7H2,(H,18,19). The Morgan fingerprint density at radius 3 is 2.86 bits per heavy atom. The fourth-order valence-corrected chi connectivity index (χ4v) is 1.85. The monoisotopic (exact) mass is 301 g/mol. The van der Waals surface area contributed by atoms with Gasteiger partial charge in [-0.15, -0.1) is 0 Å². The molecule has 1 atom stereocenters. The lowest BCUT2D eigenvalue weighted by Crippen LogP contribution is -2.49. The number of rotatable bonds is 4. The molecule has 6 nitrogen and oxygen atoms in total. The summed E-state index contributed by atoms with van der Waals surface area (Å²) in [6, 6.07) is 2.74. The number of halogens is 2. The lowest BCUT2D eigenvalue weighted by Gasteiger charge is -2.30. The Kier molecular flexibility index (Phi) is 4.69. The Balaban J connectivity index is 1.90. The van der Waals surface area contributed by atoms with Gasteiger partial charge in [0.15, 0.2) is 24.3 Å². The van der Waals surface area contributed by atoms with Crippen molar-refractivity contribution in [3.8, 4) is 5.75 Å². The topological polar surface area (TPSA) is 76.1 Å². The van der Waals surface area contributed by atoms with Crippen LogP contribution in [-0.4, -0.2) is 54.3 Å². The van der Waals surface area contributed by atoms with E-state index in [1.807, 2.05) is 0 Å². The van der Waals surface area contributed by atoms with Crippen LogP contribution in [0.15, 0.2) is 18.2 Å². The number of carbonyl (C=O) groups excluding carboxylic acids is 1. The van der Waals surface area contributed by atoms with Crippen LogP contribution in [0.4, 0.5) is 8.78 Å². The second kappa shape index (κ2) is 6.49. The molecule has 1 aliphatic rings. The Morgan fingerprint density at radius 2 is 2.19 bits per heavy atom. The third-order valence-electron chi connectivity index (χ3n) is 2.94. The van der Waals surface area contributed by atoms with Crippen molar-refractivity contribution < 1.29 is 33.0 Å². The highest BCUT2D eigenvalue weighted by molar-refractivity contribution is 5.79. The normalized spacial score (nSPS) is 18.4. The van der Waals surface area contributed by atoms with Crippen LogP contribution in [0.1, 0.15) is 0 Å². The van der Waals surface area contributed by atoms with E-state index in [2.05, 4.69) is 0 Å². The summed E-state index contributed by atoms with van der Waals surface area (Å²) in [5.41, 5.74) is 0. The highest BCUT2D eigenvalue weighted by Crippen LogP contribution is 2.17. The predicted molar refractivity (Wildman–Crippen MR) is 65.8 cm³/mol. The number of morpholine rings is 1. The molecular weight excluding hydrogens is 288 g/mol. The summed E-state index contributed by atoms with van der Waals surface area (Å²) in [5, 5.41) is 8.83. The highest BCUT2D eigenvalue weighted by atomic mass is 19.1.